The number of ether oxygens (including phenoxy) is 1. The quantitative estimate of drug-likeness (QED) is 0.154. The van der Waals surface area contributed by atoms with Crippen LogP contribution < -0.4 is 10.6 Å². The normalized spacial score (nSPS) is 16.3. The number of nitrogens with zero attached hydrogens (tertiary/aromatic N) is 1. The third-order valence-corrected chi connectivity index (χ3v) is 6.92. The van der Waals surface area contributed by atoms with Crippen molar-refractivity contribution in [1.82, 2.24) is 15.5 Å². The van der Waals surface area contributed by atoms with Crippen LogP contribution in [0.15, 0.2) is 12.2 Å². The van der Waals surface area contributed by atoms with Crippen LogP contribution >= 0.6 is 0 Å². The van der Waals surface area contributed by atoms with E-state index in [-0.39, 0.29) is 35.3 Å². The fourth-order valence-electron chi connectivity index (χ4n) is 5.69. The Hall–Kier alpha value is -1.73. The van der Waals surface area contributed by atoms with Crippen molar-refractivity contribution < 1.29 is 19.1 Å². The molecule has 2 N–H and O–H groups in total. The second-order valence-electron chi connectivity index (χ2n) is 16.4. The molecule has 0 saturated carbocycles. The Morgan fingerprint density at radius 3 is 1.44 bits per heavy atom. The molecule has 0 aromatic heterocycles. The van der Waals surface area contributed by atoms with Crippen LogP contribution in [0.1, 0.15) is 135 Å². The van der Waals surface area contributed by atoms with Crippen molar-refractivity contribution in [3.05, 3.63) is 12.2 Å². The molecule has 0 heterocycles. The van der Waals surface area contributed by atoms with E-state index in [1.54, 1.807) is 11.9 Å². The highest BCUT2D eigenvalue weighted by Gasteiger charge is 2.42. The number of rotatable bonds is 15. The molecule has 1 amide bonds. The predicted octanol–water partition coefficient (Wildman–Crippen LogP) is 7.48. The summed E-state index contributed by atoms with van der Waals surface area (Å²) >= 11 is 0. The molecule has 7 nitrogen and oxygen atoms in total. The van der Waals surface area contributed by atoms with Crippen molar-refractivity contribution >= 4 is 17.7 Å². The molecule has 240 valence electrons. The van der Waals surface area contributed by atoms with Crippen LogP contribution in [0.2, 0.25) is 0 Å². The van der Waals surface area contributed by atoms with Crippen LogP contribution in [0.3, 0.4) is 0 Å². The van der Waals surface area contributed by atoms with Crippen LogP contribution in [0.5, 0.6) is 0 Å². The standard InChI is InChI=1S/C34H65N3O4/c1-29(2,3)26(38)33(13,35-31(7,8)9)22-19-17-16-18-20-25-41-28(40)37(15)24-21-23-34(14,36-32(10,11)12)27(39)30(4,5)6/h18,20,35-36H,16-17,19,21-25H2,1-15H3/b20-18+/t33-,34+/m0/s1. The van der Waals surface area contributed by atoms with Gasteiger partial charge in [0.1, 0.15) is 6.61 Å². The first-order valence-corrected chi connectivity index (χ1v) is 15.4. The third-order valence-electron chi connectivity index (χ3n) is 6.92. The summed E-state index contributed by atoms with van der Waals surface area (Å²) in [5, 5.41) is 7.09. The molecule has 0 aromatic rings. The van der Waals surface area contributed by atoms with Gasteiger partial charge in [0.05, 0.1) is 11.1 Å². The first kappa shape index (κ1) is 39.3. The largest absolute Gasteiger partial charge is 0.445 e. The molecule has 0 bridgehead atoms. The molecule has 0 rings (SSSR count). The lowest BCUT2D eigenvalue weighted by atomic mass is 9.75. The van der Waals surface area contributed by atoms with E-state index in [4.69, 9.17) is 4.74 Å². The number of hydrogen-bond donors (Lipinski definition) is 2. The van der Waals surface area contributed by atoms with Gasteiger partial charge in [0, 0.05) is 35.5 Å². The summed E-state index contributed by atoms with van der Waals surface area (Å²) in [7, 11) is 1.73. The summed E-state index contributed by atoms with van der Waals surface area (Å²) in [6.07, 6.45) is 8.38. The topological polar surface area (TPSA) is 87.7 Å². The Balaban J connectivity index is 4.69. The Morgan fingerprint density at radius 2 is 1.05 bits per heavy atom. The molecule has 0 spiro atoms. The Morgan fingerprint density at radius 1 is 0.634 bits per heavy atom. The summed E-state index contributed by atoms with van der Waals surface area (Å²) in [6.45, 7) is 29.0. The summed E-state index contributed by atoms with van der Waals surface area (Å²) in [4.78, 5) is 40.4. The van der Waals surface area contributed by atoms with Gasteiger partial charge in [-0.3, -0.25) is 9.59 Å². The third kappa shape index (κ3) is 15.3. The van der Waals surface area contributed by atoms with E-state index in [2.05, 4.69) is 52.2 Å². The SMILES string of the molecule is CN(CCC[C@@](C)(NC(C)(C)C)C(=O)C(C)(C)C)C(=O)OC/C=C/CCCC[C@](C)(NC(C)(C)C)C(=O)C(C)(C)C. The van der Waals surface area contributed by atoms with Gasteiger partial charge in [0.2, 0.25) is 0 Å². The van der Waals surface area contributed by atoms with Crippen LogP contribution in [-0.2, 0) is 14.3 Å². The van der Waals surface area contributed by atoms with Gasteiger partial charge in [0.25, 0.3) is 0 Å². The minimum absolute atomic E-state index is 0.153. The molecule has 0 aliphatic heterocycles. The zero-order valence-corrected chi connectivity index (χ0v) is 29.4. The highest BCUT2D eigenvalue weighted by Crippen LogP contribution is 2.30. The van der Waals surface area contributed by atoms with Gasteiger partial charge in [-0.15, -0.1) is 0 Å². The van der Waals surface area contributed by atoms with Crippen LogP contribution in [-0.4, -0.2) is 64.9 Å². The average molecular weight is 580 g/mol. The summed E-state index contributed by atoms with van der Waals surface area (Å²) in [6, 6.07) is 0. The van der Waals surface area contributed by atoms with Gasteiger partial charge in [0.15, 0.2) is 11.6 Å². The number of unbranched alkanes of at least 4 members (excludes halogenated alkanes) is 2. The monoisotopic (exact) mass is 579 g/mol. The number of carbonyl (C=O) groups is 3. The lowest BCUT2D eigenvalue weighted by molar-refractivity contribution is -0.134. The van der Waals surface area contributed by atoms with Gasteiger partial charge in [-0.05, 0) is 87.5 Å². The molecular weight excluding hydrogens is 514 g/mol. The van der Waals surface area contributed by atoms with Crippen LogP contribution in [0.4, 0.5) is 4.79 Å². The Labute approximate surface area is 253 Å². The zero-order valence-electron chi connectivity index (χ0n) is 29.4. The second kappa shape index (κ2) is 15.1. The van der Waals surface area contributed by atoms with E-state index in [1.807, 2.05) is 67.5 Å². The van der Waals surface area contributed by atoms with Gasteiger partial charge in [-0.1, -0.05) is 60.1 Å². The molecule has 0 unspecified atom stereocenters. The van der Waals surface area contributed by atoms with Crippen molar-refractivity contribution in [3.8, 4) is 0 Å². The van der Waals surface area contributed by atoms with E-state index in [1.165, 1.54) is 0 Å². The van der Waals surface area contributed by atoms with Gasteiger partial charge in [-0.2, -0.15) is 0 Å². The minimum Gasteiger partial charge on any atom is -0.445 e. The van der Waals surface area contributed by atoms with Crippen molar-refractivity contribution in [2.24, 2.45) is 10.8 Å². The number of allylic oxidation sites excluding steroid dienone is 1. The first-order chi connectivity index (χ1) is 18.2. The fraction of sp³-hybridized carbons (Fsp3) is 0.853. The van der Waals surface area contributed by atoms with E-state index >= 15 is 0 Å². The van der Waals surface area contributed by atoms with Crippen LogP contribution in [0, 0.1) is 10.8 Å². The molecule has 7 heteroatoms. The number of hydrogen-bond acceptors (Lipinski definition) is 6. The van der Waals surface area contributed by atoms with E-state index in [9.17, 15) is 14.4 Å². The maximum atomic E-state index is 13.2. The molecule has 0 fully saturated rings. The molecule has 41 heavy (non-hydrogen) atoms. The number of Topliss-reactive ketones (excluding diaryl/α,β-unsaturated/α-hetero) is 2. The van der Waals surface area contributed by atoms with Crippen molar-refractivity contribution in [3.63, 3.8) is 0 Å². The molecule has 2 atom stereocenters. The maximum Gasteiger partial charge on any atom is 0.409 e. The predicted molar refractivity (Wildman–Crippen MR) is 172 cm³/mol. The molecule has 0 aliphatic carbocycles. The van der Waals surface area contributed by atoms with Crippen molar-refractivity contribution in [1.29, 1.82) is 0 Å². The average Bonchev–Trinajstić information content (AvgIpc) is 2.75. The van der Waals surface area contributed by atoms with Crippen molar-refractivity contribution in [2.75, 3.05) is 20.2 Å². The first-order valence-electron chi connectivity index (χ1n) is 15.4. The summed E-state index contributed by atoms with van der Waals surface area (Å²) in [5.74, 6) is 0.411. The Bertz CT molecular complexity index is 884. The van der Waals surface area contributed by atoms with E-state index < -0.39 is 21.9 Å². The number of carbonyl (C=O) groups excluding carboxylic acids is 3. The summed E-state index contributed by atoms with van der Waals surface area (Å²) in [5.41, 5.74) is -2.47. The molecule has 0 saturated heterocycles. The maximum absolute atomic E-state index is 13.2. The highest BCUT2D eigenvalue weighted by atomic mass is 16.6. The number of amides is 1. The Kier molecular flexibility index (Phi) is 14.5. The van der Waals surface area contributed by atoms with Crippen molar-refractivity contribution in [2.45, 2.75) is 158 Å². The smallest absolute Gasteiger partial charge is 0.409 e. The second-order valence-corrected chi connectivity index (χ2v) is 16.4. The molecule has 0 aromatic carbocycles. The number of nitrogens with one attached hydrogen (secondary N) is 2. The summed E-state index contributed by atoms with van der Waals surface area (Å²) < 4.78 is 5.42. The molecule has 0 radical (unpaired) electrons. The van der Waals surface area contributed by atoms with Gasteiger partial charge >= 0.3 is 6.09 Å². The van der Waals surface area contributed by atoms with Gasteiger partial charge in [-0.25, -0.2) is 4.79 Å². The zero-order chi connectivity index (χ0) is 32.5. The van der Waals surface area contributed by atoms with Crippen LogP contribution in [0.25, 0.3) is 0 Å². The lowest BCUT2D eigenvalue weighted by Gasteiger charge is -2.40. The van der Waals surface area contributed by atoms with Gasteiger partial charge < -0.3 is 20.3 Å². The van der Waals surface area contributed by atoms with E-state index in [0.29, 0.717) is 19.4 Å². The fourth-order valence-corrected chi connectivity index (χ4v) is 5.69. The molecule has 0 aliphatic rings. The lowest BCUT2D eigenvalue weighted by Crippen LogP contribution is -2.60. The minimum atomic E-state index is -0.676. The van der Waals surface area contributed by atoms with E-state index in [0.717, 1.165) is 25.7 Å². The molecular formula is C34H65N3O4. The highest BCUT2D eigenvalue weighted by molar-refractivity contribution is 5.93. The number of ketones is 2.